The summed E-state index contributed by atoms with van der Waals surface area (Å²) in [5, 5.41) is 0.848. The van der Waals surface area contributed by atoms with E-state index < -0.39 is 18.3 Å². The van der Waals surface area contributed by atoms with E-state index in [1.54, 1.807) is 13.3 Å². The number of benzene rings is 1. The van der Waals surface area contributed by atoms with Crippen LogP contribution in [0.5, 0.6) is 5.75 Å². The first-order valence-corrected chi connectivity index (χ1v) is 8.04. The highest BCUT2D eigenvalue weighted by Gasteiger charge is 2.52. The first-order valence-electron chi connectivity index (χ1n) is 8.04. The van der Waals surface area contributed by atoms with Gasteiger partial charge >= 0.3 is 7.12 Å². The van der Waals surface area contributed by atoms with E-state index in [0.29, 0.717) is 5.58 Å². The van der Waals surface area contributed by atoms with Crippen molar-refractivity contribution >= 4 is 34.7 Å². The standard InChI is InChI=1S/C18H20BNO4/c1-17(2)18(3,4)24-19(23-17)11-8-9-12(21-5)14-15-13(22-16(11)14)7-6-10-20-15/h6-10H,1-5H3. The van der Waals surface area contributed by atoms with Crippen molar-refractivity contribution in [3.63, 3.8) is 0 Å². The maximum atomic E-state index is 6.18. The van der Waals surface area contributed by atoms with E-state index in [4.69, 9.17) is 18.5 Å². The summed E-state index contributed by atoms with van der Waals surface area (Å²) < 4.78 is 24.0. The molecule has 6 heteroatoms. The SMILES string of the molecule is COc1ccc(B2OC(C)(C)C(C)(C)O2)c2oc3cccnc3c12. The number of furan rings is 1. The van der Waals surface area contributed by atoms with Gasteiger partial charge in [-0.15, -0.1) is 0 Å². The van der Waals surface area contributed by atoms with Crippen LogP contribution >= 0.6 is 0 Å². The third-order valence-electron chi connectivity index (χ3n) is 5.10. The van der Waals surface area contributed by atoms with E-state index in [0.717, 1.165) is 27.7 Å². The number of rotatable bonds is 2. The van der Waals surface area contributed by atoms with Gasteiger partial charge in [0.15, 0.2) is 5.58 Å². The van der Waals surface area contributed by atoms with Gasteiger partial charge in [-0.3, -0.25) is 4.98 Å². The number of hydrogen-bond donors (Lipinski definition) is 0. The van der Waals surface area contributed by atoms with E-state index in [1.807, 2.05) is 52.0 Å². The molecule has 1 aliphatic heterocycles. The summed E-state index contributed by atoms with van der Waals surface area (Å²) in [5.41, 5.74) is 2.23. The Kier molecular flexibility index (Phi) is 3.21. The lowest BCUT2D eigenvalue weighted by atomic mass is 9.78. The van der Waals surface area contributed by atoms with Crippen molar-refractivity contribution in [1.82, 2.24) is 4.98 Å². The zero-order valence-corrected chi connectivity index (χ0v) is 14.5. The van der Waals surface area contributed by atoms with Gasteiger partial charge in [0.05, 0.1) is 23.7 Å². The molecule has 1 aliphatic rings. The molecule has 5 nitrogen and oxygen atoms in total. The highest BCUT2D eigenvalue weighted by Crippen LogP contribution is 2.39. The third kappa shape index (κ3) is 2.06. The molecule has 0 unspecified atom stereocenters. The van der Waals surface area contributed by atoms with Crippen LogP contribution in [0.2, 0.25) is 0 Å². The molecule has 0 bridgehead atoms. The van der Waals surface area contributed by atoms with Crippen molar-refractivity contribution in [3.05, 3.63) is 30.5 Å². The highest BCUT2D eigenvalue weighted by molar-refractivity contribution is 6.65. The topological polar surface area (TPSA) is 53.7 Å². The van der Waals surface area contributed by atoms with Gasteiger partial charge in [-0.1, -0.05) is 6.07 Å². The van der Waals surface area contributed by atoms with E-state index in [-0.39, 0.29) is 0 Å². The molecule has 0 atom stereocenters. The molecule has 0 amide bonds. The van der Waals surface area contributed by atoms with Gasteiger partial charge in [0.25, 0.3) is 0 Å². The third-order valence-corrected chi connectivity index (χ3v) is 5.10. The second-order valence-corrected chi connectivity index (χ2v) is 7.10. The fourth-order valence-corrected chi connectivity index (χ4v) is 3.01. The molecule has 1 saturated heterocycles. The average molecular weight is 325 g/mol. The molecule has 3 aromatic rings. The molecule has 0 aliphatic carbocycles. The smallest absolute Gasteiger partial charge is 0.496 e. The summed E-state index contributed by atoms with van der Waals surface area (Å²) in [6, 6.07) is 7.60. The minimum absolute atomic E-state index is 0.409. The first kappa shape index (κ1) is 15.5. The Morgan fingerprint density at radius 2 is 1.75 bits per heavy atom. The van der Waals surface area contributed by atoms with Crippen LogP contribution in [-0.4, -0.2) is 30.4 Å². The summed E-state index contributed by atoms with van der Waals surface area (Å²) in [5.74, 6) is 0.725. The Morgan fingerprint density at radius 3 is 2.42 bits per heavy atom. The lowest BCUT2D eigenvalue weighted by molar-refractivity contribution is 0.00578. The van der Waals surface area contributed by atoms with E-state index in [2.05, 4.69) is 4.98 Å². The molecular weight excluding hydrogens is 305 g/mol. The molecule has 1 fully saturated rings. The van der Waals surface area contributed by atoms with Gasteiger partial charge in [-0.2, -0.15) is 0 Å². The predicted molar refractivity (Wildman–Crippen MR) is 93.8 cm³/mol. The molecule has 24 heavy (non-hydrogen) atoms. The van der Waals surface area contributed by atoms with Crippen LogP contribution in [0.4, 0.5) is 0 Å². The van der Waals surface area contributed by atoms with Gasteiger partial charge in [0, 0.05) is 11.7 Å². The summed E-state index contributed by atoms with van der Waals surface area (Å²) in [6.07, 6.45) is 1.75. The van der Waals surface area contributed by atoms with Crippen molar-refractivity contribution in [1.29, 1.82) is 0 Å². The molecule has 2 aromatic heterocycles. The molecule has 0 N–H and O–H groups in total. The van der Waals surface area contributed by atoms with Crippen molar-refractivity contribution in [3.8, 4) is 5.75 Å². The van der Waals surface area contributed by atoms with E-state index >= 15 is 0 Å². The van der Waals surface area contributed by atoms with Crippen LogP contribution in [0.15, 0.2) is 34.9 Å². The largest absolute Gasteiger partial charge is 0.498 e. The average Bonchev–Trinajstić information content (AvgIpc) is 3.01. The minimum Gasteiger partial charge on any atom is -0.496 e. The quantitative estimate of drug-likeness (QED) is 0.677. The number of methoxy groups -OCH3 is 1. The van der Waals surface area contributed by atoms with Crippen LogP contribution in [0, 0.1) is 0 Å². The van der Waals surface area contributed by atoms with Crippen LogP contribution in [0.25, 0.3) is 22.1 Å². The number of ether oxygens (including phenoxy) is 1. The Labute approximate surface area is 141 Å². The van der Waals surface area contributed by atoms with Crippen LogP contribution in [0.1, 0.15) is 27.7 Å². The molecule has 0 spiro atoms. The second kappa shape index (κ2) is 4.97. The number of hydrogen-bond acceptors (Lipinski definition) is 5. The molecule has 4 rings (SSSR count). The molecule has 0 radical (unpaired) electrons. The lowest BCUT2D eigenvalue weighted by Crippen LogP contribution is -2.41. The zero-order chi connectivity index (χ0) is 17.1. The highest BCUT2D eigenvalue weighted by atomic mass is 16.7. The van der Waals surface area contributed by atoms with Crippen LogP contribution in [0.3, 0.4) is 0 Å². The monoisotopic (exact) mass is 325 g/mol. The number of nitrogens with zero attached hydrogens (tertiary/aromatic N) is 1. The predicted octanol–water partition coefficient (Wildman–Crippen LogP) is 3.29. The summed E-state index contributed by atoms with van der Waals surface area (Å²) in [6.45, 7) is 8.14. The van der Waals surface area contributed by atoms with E-state index in [1.165, 1.54) is 0 Å². The minimum atomic E-state index is -0.496. The number of fused-ring (bicyclic) bond motifs is 3. The number of pyridine rings is 1. The zero-order valence-electron chi connectivity index (χ0n) is 14.5. The van der Waals surface area contributed by atoms with Gasteiger partial charge in [0.2, 0.25) is 0 Å². The number of aromatic nitrogens is 1. The maximum absolute atomic E-state index is 6.18. The van der Waals surface area contributed by atoms with Crippen molar-refractivity contribution in [2.24, 2.45) is 0 Å². The van der Waals surface area contributed by atoms with Gasteiger partial charge in [0.1, 0.15) is 16.8 Å². The molecule has 3 heterocycles. The van der Waals surface area contributed by atoms with Crippen LogP contribution in [-0.2, 0) is 9.31 Å². The van der Waals surface area contributed by atoms with E-state index in [9.17, 15) is 0 Å². The van der Waals surface area contributed by atoms with Crippen molar-refractivity contribution in [2.75, 3.05) is 7.11 Å². The van der Waals surface area contributed by atoms with Crippen molar-refractivity contribution < 1.29 is 18.5 Å². The Morgan fingerprint density at radius 1 is 1.04 bits per heavy atom. The Balaban J connectivity index is 1.95. The van der Waals surface area contributed by atoms with Crippen LogP contribution < -0.4 is 10.2 Å². The molecule has 124 valence electrons. The van der Waals surface area contributed by atoms with Gasteiger partial charge < -0.3 is 18.5 Å². The summed E-state index contributed by atoms with van der Waals surface area (Å²) in [7, 11) is 1.15. The Bertz CT molecular complexity index is 915. The summed E-state index contributed by atoms with van der Waals surface area (Å²) in [4.78, 5) is 4.45. The normalized spacial score (nSPS) is 19.3. The molecule has 1 aromatic carbocycles. The first-order chi connectivity index (χ1) is 11.3. The van der Waals surface area contributed by atoms with Gasteiger partial charge in [-0.25, -0.2) is 0 Å². The second-order valence-electron chi connectivity index (χ2n) is 7.10. The van der Waals surface area contributed by atoms with Crippen molar-refractivity contribution in [2.45, 2.75) is 38.9 Å². The summed E-state index contributed by atoms with van der Waals surface area (Å²) >= 11 is 0. The maximum Gasteiger partial charge on any atom is 0.498 e. The fraction of sp³-hybridized carbons (Fsp3) is 0.389. The fourth-order valence-electron chi connectivity index (χ4n) is 3.01. The lowest BCUT2D eigenvalue weighted by Gasteiger charge is -2.32. The van der Waals surface area contributed by atoms with Gasteiger partial charge in [-0.05, 0) is 45.9 Å². The molecular formula is C18H20BNO4. The Hall–Kier alpha value is -2.05. The molecule has 0 saturated carbocycles.